The third-order valence-electron chi connectivity index (χ3n) is 4.84. The first-order valence-electron chi connectivity index (χ1n) is 9.44. The molecule has 4 rings (SSSR count). The van der Waals surface area contributed by atoms with Crippen LogP contribution in [0, 0.1) is 5.82 Å². The summed E-state index contributed by atoms with van der Waals surface area (Å²) in [5, 5.41) is 3.74. The number of hydrogen-bond acceptors (Lipinski definition) is 4. The van der Waals surface area contributed by atoms with E-state index in [1.807, 2.05) is 11.5 Å². The Labute approximate surface area is 176 Å². The Morgan fingerprint density at radius 3 is 2.93 bits per heavy atom. The molecule has 30 heavy (non-hydrogen) atoms. The first-order valence-corrected chi connectivity index (χ1v) is 9.82. The molecule has 0 bridgehead atoms. The maximum absolute atomic E-state index is 14.8. The molecule has 5 nitrogen and oxygen atoms in total. The highest BCUT2D eigenvalue weighted by molar-refractivity contribution is 6.31. The van der Waals surface area contributed by atoms with E-state index in [0.717, 1.165) is 22.9 Å². The van der Waals surface area contributed by atoms with Gasteiger partial charge >= 0.3 is 6.61 Å². The van der Waals surface area contributed by atoms with Crippen LogP contribution >= 0.6 is 11.6 Å². The van der Waals surface area contributed by atoms with Crippen molar-refractivity contribution in [3.63, 3.8) is 0 Å². The largest absolute Gasteiger partial charge is 0.501 e. The zero-order valence-electron chi connectivity index (χ0n) is 16.1. The molecule has 0 saturated heterocycles. The Bertz CT molecular complexity index is 1110. The van der Waals surface area contributed by atoms with E-state index in [1.165, 1.54) is 6.26 Å². The van der Waals surface area contributed by atoms with Crippen LogP contribution in [0.2, 0.25) is 5.02 Å². The molecular weight excluding hydrogens is 419 g/mol. The van der Waals surface area contributed by atoms with Crippen molar-refractivity contribution in [3.05, 3.63) is 58.3 Å². The summed E-state index contributed by atoms with van der Waals surface area (Å²) in [6.07, 6.45) is 3.62. The lowest BCUT2D eigenvalue weighted by Crippen LogP contribution is -2.19. The molecule has 1 aliphatic heterocycles. The van der Waals surface area contributed by atoms with Crippen molar-refractivity contribution in [1.82, 2.24) is 9.55 Å². The molecule has 3 aromatic rings. The monoisotopic (exact) mass is 437 g/mol. The fourth-order valence-corrected chi connectivity index (χ4v) is 3.77. The van der Waals surface area contributed by atoms with Gasteiger partial charge in [-0.1, -0.05) is 11.6 Å². The van der Waals surface area contributed by atoms with Crippen LogP contribution in [0.25, 0.3) is 17.1 Å². The van der Waals surface area contributed by atoms with Gasteiger partial charge in [-0.3, -0.25) is 0 Å². The van der Waals surface area contributed by atoms with Crippen LogP contribution < -0.4 is 10.1 Å². The predicted molar refractivity (Wildman–Crippen MR) is 110 cm³/mol. The van der Waals surface area contributed by atoms with E-state index in [0.29, 0.717) is 35.8 Å². The van der Waals surface area contributed by atoms with Crippen LogP contribution in [0.15, 0.2) is 30.5 Å². The van der Waals surface area contributed by atoms with Crippen molar-refractivity contribution >= 4 is 34.4 Å². The molecule has 0 saturated carbocycles. The second kappa shape index (κ2) is 8.47. The van der Waals surface area contributed by atoms with Crippen LogP contribution in [0.4, 0.5) is 18.9 Å². The minimum Gasteiger partial charge on any atom is -0.501 e. The fourth-order valence-electron chi connectivity index (χ4n) is 3.60. The molecule has 1 N–H and O–H groups in total. The first-order chi connectivity index (χ1) is 14.5. The lowest BCUT2D eigenvalue weighted by atomic mass is 10.0. The van der Waals surface area contributed by atoms with Crippen molar-refractivity contribution in [1.29, 1.82) is 0 Å². The number of imidazole rings is 1. The lowest BCUT2D eigenvalue weighted by molar-refractivity contribution is -0.0528. The third kappa shape index (κ3) is 3.92. The van der Waals surface area contributed by atoms with Gasteiger partial charge in [-0.05, 0) is 37.3 Å². The third-order valence-corrected chi connectivity index (χ3v) is 5.07. The molecule has 0 spiro atoms. The Morgan fingerprint density at radius 1 is 1.33 bits per heavy atom. The normalized spacial score (nSPS) is 13.7. The second-order valence-corrected chi connectivity index (χ2v) is 7.13. The molecule has 0 radical (unpaired) electrons. The van der Waals surface area contributed by atoms with E-state index < -0.39 is 18.2 Å². The number of nitrogens with one attached hydrogen (secondary N) is 1. The maximum Gasteiger partial charge on any atom is 0.387 e. The fraction of sp³-hybridized carbons (Fsp3) is 0.286. The van der Waals surface area contributed by atoms with Crippen LogP contribution in [0.5, 0.6) is 5.75 Å². The van der Waals surface area contributed by atoms with E-state index in [2.05, 4.69) is 15.0 Å². The summed E-state index contributed by atoms with van der Waals surface area (Å²) in [7, 11) is 0. The molecule has 0 atom stereocenters. The van der Waals surface area contributed by atoms with Gasteiger partial charge < -0.3 is 19.4 Å². The minimum absolute atomic E-state index is 0.0871. The average molecular weight is 438 g/mol. The number of halogens is 4. The summed E-state index contributed by atoms with van der Waals surface area (Å²) >= 11 is 6.15. The van der Waals surface area contributed by atoms with Gasteiger partial charge in [0.15, 0.2) is 11.6 Å². The van der Waals surface area contributed by atoms with Gasteiger partial charge in [-0.2, -0.15) is 8.78 Å². The highest BCUT2D eigenvalue weighted by atomic mass is 35.5. The average Bonchev–Trinajstić information content (AvgIpc) is 3.00. The summed E-state index contributed by atoms with van der Waals surface area (Å²) in [6.45, 7) is -0.327. The zero-order chi connectivity index (χ0) is 21.3. The van der Waals surface area contributed by atoms with E-state index in [-0.39, 0.29) is 12.1 Å². The van der Waals surface area contributed by atoms with Gasteiger partial charge in [0.2, 0.25) is 0 Å². The van der Waals surface area contributed by atoms with Crippen molar-refractivity contribution in [2.24, 2.45) is 0 Å². The van der Waals surface area contributed by atoms with E-state index in [9.17, 15) is 13.2 Å². The van der Waals surface area contributed by atoms with Crippen molar-refractivity contribution in [2.45, 2.75) is 26.5 Å². The number of anilines is 1. The van der Waals surface area contributed by atoms with E-state index >= 15 is 0 Å². The maximum atomic E-state index is 14.8. The SMILES string of the molecule is CCO/C=C/c1cc(F)c(OC(F)F)c2c1NCCc1nc3ccc(Cl)cc3n1C2. The van der Waals surface area contributed by atoms with Gasteiger partial charge in [-0.25, -0.2) is 9.37 Å². The van der Waals surface area contributed by atoms with Crippen LogP contribution in [0.3, 0.4) is 0 Å². The molecule has 0 amide bonds. The van der Waals surface area contributed by atoms with Crippen LogP contribution in [-0.4, -0.2) is 29.3 Å². The summed E-state index contributed by atoms with van der Waals surface area (Å²) < 4.78 is 52.6. The smallest absolute Gasteiger partial charge is 0.387 e. The Hall–Kier alpha value is -2.87. The van der Waals surface area contributed by atoms with Crippen LogP contribution in [-0.2, 0) is 17.7 Å². The number of alkyl halides is 2. The molecule has 158 valence electrons. The summed E-state index contributed by atoms with van der Waals surface area (Å²) in [4.78, 5) is 4.61. The van der Waals surface area contributed by atoms with E-state index in [1.54, 1.807) is 24.3 Å². The molecule has 1 aromatic heterocycles. The molecule has 2 aromatic carbocycles. The second-order valence-electron chi connectivity index (χ2n) is 6.69. The van der Waals surface area contributed by atoms with Crippen molar-refractivity contribution in [3.8, 4) is 5.75 Å². The van der Waals surface area contributed by atoms with E-state index in [4.69, 9.17) is 16.3 Å². The van der Waals surface area contributed by atoms with Gasteiger partial charge in [0, 0.05) is 29.1 Å². The Kier molecular flexibility index (Phi) is 5.76. The van der Waals surface area contributed by atoms with Gasteiger partial charge in [0.05, 0.1) is 36.1 Å². The molecule has 1 aliphatic rings. The Morgan fingerprint density at radius 2 is 2.17 bits per heavy atom. The van der Waals surface area contributed by atoms with Gasteiger partial charge in [0.25, 0.3) is 0 Å². The van der Waals surface area contributed by atoms with Crippen molar-refractivity contribution in [2.75, 3.05) is 18.5 Å². The standard InChI is InChI=1S/C21H19ClF3N3O2/c1-2-29-8-6-12-9-15(23)20(30-21(24)25)14-11-28-17-10-13(22)3-4-16(17)27-18(28)5-7-26-19(12)14/h3-4,6,8-10,21,26H,2,5,7,11H2,1H3/b8-6+. The topological polar surface area (TPSA) is 48.3 Å². The lowest BCUT2D eigenvalue weighted by Gasteiger charge is -2.23. The number of hydrogen-bond donors (Lipinski definition) is 1. The highest BCUT2D eigenvalue weighted by Crippen LogP contribution is 2.38. The molecule has 0 fully saturated rings. The summed E-state index contributed by atoms with van der Waals surface area (Å²) in [6, 6.07) is 6.44. The number of benzene rings is 2. The minimum atomic E-state index is -3.16. The number of nitrogens with zero attached hydrogens (tertiary/aromatic N) is 2. The number of rotatable bonds is 5. The molecule has 0 unspecified atom stereocenters. The van der Waals surface area contributed by atoms with Gasteiger partial charge in [-0.15, -0.1) is 0 Å². The molecule has 0 aliphatic carbocycles. The molecule has 9 heteroatoms. The van der Waals surface area contributed by atoms with Crippen molar-refractivity contribution < 1.29 is 22.6 Å². The number of aromatic nitrogens is 2. The number of fused-ring (bicyclic) bond motifs is 4. The van der Waals surface area contributed by atoms with Gasteiger partial charge in [0.1, 0.15) is 5.82 Å². The predicted octanol–water partition coefficient (Wildman–Crippen LogP) is 5.45. The number of ether oxygens (including phenoxy) is 2. The zero-order valence-corrected chi connectivity index (χ0v) is 16.8. The highest BCUT2D eigenvalue weighted by Gasteiger charge is 2.25. The quantitative estimate of drug-likeness (QED) is 0.539. The summed E-state index contributed by atoms with van der Waals surface area (Å²) in [5.41, 5.74) is 2.72. The summed E-state index contributed by atoms with van der Waals surface area (Å²) in [5.74, 6) is -0.626. The molecular formula is C21H19ClF3N3O2. The first kappa shape index (κ1) is 20.4. The van der Waals surface area contributed by atoms with Crippen LogP contribution in [0.1, 0.15) is 23.9 Å². The molecule has 2 heterocycles. The Balaban J connectivity index is 1.91.